The van der Waals surface area contributed by atoms with Crippen molar-refractivity contribution in [1.82, 2.24) is 9.97 Å². The van der Waals surface area contributed by atoms with Crippen molar-refractivity contribution < 1.29 is 9.53 Å². The molecule has 0 saturated carbocycles. The molecule has 2 aromatic rings. The summed E-state index contributed by atoms with van der Waals surface area (Å²) in [4.78, 5) is 19.1. The number of fused-ring (bicyclic) bond motifs is 1. The summed E-state index contributed by atoms with van der Waals surface area (Å²) in [7, 11) is 0. The predicted octanol–water partition coefficient (Wildman–Crippen LogP) is 4.78. The van der Waals surface area contributed by atoms with Gasteiger partial charge in [-0.3, -0.25) is 9.78 Å². The lowest BCUT2D eigenvalue weighted by atomic mass is 10.0. The van der Waals surface area contributed by atoms with E-state index in [0.29, 0.717) is 12.2 Å². The minimum absolute atomic E-state index is 0.518. The fourth-order valence-corrected chi connectivity index (χ4v) is 2.78. The number of nitrogens with one attached hydrogen (secondary N) is 1. The van der Waals surface area contributed by atoms with Gasteiger partial charge in [0.25, 0.3) is 0 Å². The summed E-state index contributed by atoms with van der Waals surface area (Å²) < 4.78 is 5.06. The van der Waals surface area contributed by atoms with Crippen molar-refractivity contribution in [3.05, 3.63) is 60.6 Å². The number of pyridine rings is 2. The van der Waals surface area contributed by atoms with Crippen LogP contribution in [0, 0.1) is 5.92 Å². The molecule has 5 heteroatoms. The zero-order valence-electron chi connectivity index (χ0n) is 16.2. The van der Waals surface area contributed by atoms with E-state index >= 15 is 0 Å². The highest BCUT2D eigenvalue weighted by molar-refractivity contribution is 5.88. The number of nitrogens with zero attached hydrogens (tertiary/aromatic N) is 2. The molecule has 1 fully saturated rings. The van der Waals surface area contributed by atoms with Crippen LogP contribution in [0.4, 0.5) is 5.82 Å². The molecule has 1 atom stereocenters. The van der Waals surface area contributed by atoms with Crippen molar-refractivity contribution >= 4 is 28.6 Å². The smallest absolute Gasteiger partial charge is 0.212 e. The topological polar surface area (TPSA) is 64.1 Å². The largest absolute Gasteiger partial charge is 0.381 e. The maximum atomic E-state index is 10.5. The Hall–Kier alpha value is -2.79. The van der Waals surface area contributed by atoms with Gasteiger partial charge in [-0.25, -0.2) is 4.98 Å². The molecule has 1 saturated heterocycles. The lowest BCUT2D eigenvalue weighted by Gasteiger charge is -2.07. The van der Waals surface area contributed by atoms with E-state index in [1.54, 1.807) is 18.5 Å². The molecule has 1 unspecified atom stereocenters. The van der Waals surface area contributed by atoms with E-state index in [1.807, 2.05) is 38.1 Å². The van der Waals surface area contributed by atoms with Crippen LogP contribution in [0.5, 0.6) is 0 Å². The highest BCUT2D eigenvalue weighted by atomic mass is 16.5. The van der Waals surface area contributed by atoms with E-state index in [1.165, 1.54) is 6.42 Å². The fourth-order valence-electron chi connectivity index (χ4n) is 2.78. The van der Waals surface area contributed by atoms with Crippen LogP contribution in [0.3, 0.4) is 0 Å². The summed E-state index contributed by atoms with van der Waals surface area (Å²) in [5, 5.41) is 4.43. The summed E-state index contributed by atoms with van der Waals surface area (Å²) in [6.45, 7) is 12.0. The van der Waals surface area contributed by atoms with Crippen molar-refractivity contribution in [2.24, 2.45) is 5.92 Å². The first-order valence-electron chi connectivity index (χ1n) is 9.09. The maximum Gasteiger partial charge on any atom is 0.212 e. The highest BCUT2D eigenvalue weighted by Gasteiger charge is 2.07. The molecule has 0 spiro atoms. The SMILES string of the molecule is C=C/C(=C(C)\C=C/C)c1cc2cc(NC=O)ncc2cn1.CC1CCOC1. The van der Waals surface area contributed by atoms with Gasteiger partial charge in [-0.1, -0.05) is 31.7 Å². The average molecular weight is 365 g/mol. The van der Waals surface area contributed by atoms with Gasteiger partial charge in [-0.05, 0) is 49.3 Å². The lowest BCUT2D eigenvalue weighted by Crippen LogP contribution is -1.97. The molecule has 0 bridgehead atoms. The number of anilines is 1. The summed E-state index contributed by atoms with van der Waals surface area (Å²) in [6.07, 6.45) is 11.1. The van der Waals surface area contributed by atoms with Crippen molar-refractivity contribution in [3.63, 3.8) is 0 Å². The molecular weight excluding hydrogens is 338 g/mol. The van der Waals surface area contributed by atoms with Crippen LogP contribution in [0.15, 0.2) is 54.9 Å². The zero-order chi connectivity index (χ0) is 19.6. The first kappa shape index (κ1) is 20.5. The second-order valence-electron chi connectivity index (χ2n) is 6.52. The van der Waals surface area contributed by atoms with Gasteiger partial charge in [-0.15, -0.1) is 0 Å². The highest BCUT2D eigenvalue weighted by Crippen LogP contribution is 2.23. The Balaban J connectivity index is 0.000000369. The number of carbonyl (C=O) groups excluding carboxylic acids is 1. The van der Waals surface area contributed by atoms with E-state index in [-0.39, 0.29) is 0 Å². The van der Waals surface area contributed by atoms with Gasteiger partial charge in [0.1, 0.15) is 5.82 Å². The first-order chi connectivity index (χ1) is 13.1. The predicted molar refractivity (Wildman–Crippen MR) is 111 cm³/mol. The lowest BCUT2D eigenvalue weighted by molar-refractivity contribution is -0.105. The molecule has 0 aliphatic carbocycles. The zero-order valence-corrected chi connectivity index (χ0v) is 16.2. The van der Waals surface area contributed by atoms with Gasteiger partial charge >= 0.3 is 0 Å². The second-order valence-corrected chi connectivity index (χ2v) is 6.52. The van der Waals surface area contributed by atoms with Gasteiger partial charge < -0.3 is 10.1 Å². The third-order valence-corrected chi connectivity index (χ3v) is 4.29. The number of allylic oxidation sites excluding steroid dienone is 5. The molecule has 142 valence electrons. The van der Waals surface area contributed by atoms with Crippen LogP contribution < -0.4 is 5.32 Å². The molecule has 1 aliphatic rings. The number of ether oxygens (including phenoxy) is 1. The number of hydrogen-bond acceptors (Lipinski definition) is 4. The molecule has 0 radical (unpaired) electrons. The second kappa shape index (κ2) is 10.4. The van der Waals surface area contributed by atoms with Gasteiger partial charge in [0, 0.05) is 36.6 Å². The number of hydrogen-bond donors (Lipinski definition) is 1. The molecule has 3 heterocycles. The van der Waals surface area contributed by atoms with Crippen LogP contribution >= 0.6 is 0 Å². The van der Waals surface area contributed by atoms with Gasteiger partial charge in [0.05, 0.1) is 5.69 Å². The molecule has 1 amide bonds. The number of carbonyl (C=O) groups is 1. The Morgan fingerprint density at radius 3 is 2.63 bits per heavy atom. The average Bonchev–Trinajstić information content (AvgIpc) is 3.14. The summed E-state index contributed by atoms with van der Waals surface area (Å²) in [5.74, 6) is 1.34. The number of aromatic nitrogens is 2. The van der Waals surface area contributed by atoms with Crippen LogP contribution in [0.25, 0.3) is 16.3 Å². The van der Waals surface area contributed by atoms with Crippen molar-refractivity contribution in [2.45, 2.75) is 27.2 Å². The Kier molecular flexibility index (Phi) is 7.89. The van der Waals surface area contributed by atoms with Crippen LogP contribution in [0.1, 0.15) is 32.9 Å². The van der Waals surface area contributed by atoms with Crippen molar-refractivity contribution in [2.75, 3.05) is 18.5 Å². The van der Waals surface area contributed by atoms with E-state index in [4.69, 9.17) is 4.74 Å². The molecule has 3 rings (SSSR count). The minimum atomic E-state index is 0.518. The Morgan fingerprint density at radius 2 is 2.07 bits per heavy atom. The Labute approximate surface area is 160 Å². The summed E-state index contributed by atoms with van der Waals surface area (Å²) in [5.41, 5.74) is 2.92. The quantitative estimate of drug-likeness (QED) is 0.612. The molecular formula is C22H27N3O2. The summed E-state index contributed by atoms with van der Waals surface area (Å²) in [6, 6.07) is 3.79. The van der Waals surface area contributed by atoms with Crippen LogP contribution in [0.2, 0.25) is 0 Å². The van der Waals surface area contributed by atoms with E-state index < -0.39 is 0 Å². The molecule has 2 aromatic heterocycles. The normalized spacial score (nSPS) is 17.2. The molecule has 0 aromatic carbocycles. The van der Waals surface area contributed by atoms with Gasteiger partial charge in [-0.2, -0.15) is 0 Å². The number of amides is 1. The standard InChI is InChI=1S/C17H17N3O.C5H10O/c1-4-6-12(3)15(5-2)16-7-13-8-17(20-11-21)19-10-14(13)9-18-16;1-5-2-3-6-4-5/h4-11H,2H2,1,3H3,(H,19,20,21);5H,2-4H2,1H3/b6-4-,15-12+;. The first-order valence-corrected chi connectivity index (χ1v) is 9.09. The van der Waals surface area contributed by atoms with Crippen LogP contribution in [-0.4, -0.2) is 29.6 Å². The molecule has 5 nitrogen and oxygen atoms in total. The third-order valence-electron chi connectivity index (χ3n) is 4.29. The Morgan fingerprint density at radius 1 is 1.30 bits per heavy atom. The monoisotopic (exact) mass is 365 g/mol. The van der Waals surface area contributed by atoms with Gasteiger partial charge in [0.2, 0.25) is 6.41 Å². The van der Waals surface area contributed by atoms with E-state index in [2.05, 4.69) is 28.8 Å². The minimum Gasteiger partial charge on any atom is -0.381 e. The molecule has 1 aliphatic heterocycles. The maximum absolute atomic E-state index is 10.5. The Bertz CT molecular complexity index is 850. The van der Waals surface area contributed by atoms with Crippen LogP contribution in [-0.2, 0) is 9.53 Å². The van der Waals surface area contributed by atoms with Crippen molar-refractivity contribution in [3.8, 4) is 0 Å². The number of rotatable bonds is 5. The third kappa shape index (κ3) is 5.86. The molecule has 1 N–H and O–H groups in total. The van der Waals surface area contributed by atoms with Crippen molar-refractivity contribution in [1.29, 1.82) is 0 Å². The van der Waals surface area contributed by atoms with E-state index in [0.717, 1.165) is 46.7 Å². The van der Waals surface area contributed by atoms with E-state index in [9.17, 15) is 4.79 Å². The summed E-state index contributed by atoms with van der Waals surface area (Å²) >= 11 is 0. The fraction of sp³-hybridized carbons (Fsp3) is 0.318. The van der Waals surface area contributed by atoms with Gasteiger partial charge in [0.15, 0.2) is 0 Å². The molecule has 27 heavy (non-hydrogen) atoms.